The number of carbonyl (C=O) groups excluding carboxylic acids is 1. The van der Waals surface area contributed by atoms with Crippen molar-refractivity contribution in [2.45, 2.75) is 6.92 Å². The molecule has 0 aliphatic rings. The highest BCUT2D eigenvalue weighted by molar-refractivity contribution is 7.10. The lowest BCUT2D eigenvalue weighted by Gasteiger charge is -2.14. The van der Waals surface area contributed by atoms with Crippen LogP contribution in [0.4, 0.5) is 11.6 Å². The Morgan fingerprint density at radius 1 is 1.35 bits per heavy atom. The second-order valence-corrected chi connectivity index (χ2v) is 6.10. The smallest absolute Gasteiger partial charge is 0.244 e. The SMILES string of the molecule is Cc1nc(NCCNC(=O)/C=C/c2cccs2)cc(N(C)C)n1. The summed E-state index contributed by atoms with van der Waals surface area (Å²) in [5, 5.41) is 8.00. The molecule has 2 aromatic heterocycles. The molecule has 0 bridgehead atoms. The minimum Gasteiger partial charge on any atom is -0.368 e. The quantitative estimate of drug-likeness (QED) is 0.601. The van der Waals surface area contributed by atoms with Crippen molar-refractivity contribution in [3.05, 3.63) is 40.4 Å². The average molecular weight is 331 g/mol. The maximum atomic E-state index is 11.7. The van der Waals surface area contributed by atoms with Crippen LogP contribution in [0.1, 0.15) is 10.7 Å². The highest BCUT2D eigenvalue weighted by atomic mass is 32.1. The summed E-state index contributed by atoms with van der Waals surface area (Å²) in [6.07, 6.45) is 3.36. The van der Waals surface area contributed by atoms with Crippen LogP contribution in [-0.2, 0) is 4.79 Å². The summed E-state index contributed by atoms with van der Waals surface area (Å²) in [5.74, 6) is 2.21. The van der Waals surface area contributed by atoms with Gasteiger partial charge in [0.05, 0.1) is 0 Å². The fraction of sp³-hybridized carbons (Fsp3) is 0.312. The van der Waals surface area contributed by atoms with Crippen molar-refractivity contribution in [3.63, 3.8) is 0 Å². The topological polar surface area (TPSA) is 70.2 Å². The van der Waals surface area contributed by atoms with Crippen LogP contribution in [0, 0.1) is 6.92 Å². The van der Waals surface area contributed by atoms with E-state index < -0.39 is 0 Å². The summed E-state index contributed by atoms with van der Waals surface area (Å²) in [6.45, 7) is 2.98. The van der Waals surface area contributed by atoms with E-state index in [1.54, 1.807) is 17.4 Å². The Hall–Kier alpha value is -2.41. The van der Waals surface area contributed by atoms with Gasteiger partial charge in [-0.3, -0.25) is 4.79 Å². The Labute approximate surface area is 140 Å². The number of hydrogen-bond donors (Lipinski definition) is 2. The van der Waals surface area contributed by atoms with Crippen LogP contribution in [0.15, 0.2) is 29.7 Å². The fourth-order valence-electron chi connectivity index (χ4n) is 1.85. The van der Waals surface area contributed by atoms with Crippen LogP contribution in [0.5, 0.6) is 0 Å². The van der Waals surface area contributed by atoms with Gasteiger partial charge in [-0.2, -0.15) is 0 Å². The number of rotatable bonds is 7. The Morgan fingerprint density at radius 2 is 2.17 bits per heavy atom. The molecule has 2 N–H and O–H groups in total. The number of thiophene rings is 1. The summed E-state index contributed by atoms with van der Waals surface area (Å²) in [6, 6.07) is 5.80. The molecule has 7 heteroatoms. The zero-order valence-corrected chi connectivity index (χ0v) is 14.4. The molecule has 0 saturated heterocycles. The number of hydrogen-bond acceptors (Lipinski definition) is 6. The van der Waals surface area contributed by atoms with Crippen LogP contribution in [0.25, 0.3) is 6.08 Å². The zero-order valence-electron chi connectivity index (χ0n) is 13.5. The Bertz CT molecular complexity index is 667. The predicted octanol–water partition coefficient (Wildman–Crippen LogP) is 2.15. The molecule has 0 unspecified atom stereocenters. The van der Waals surface area contributed by atoms with Crippen molar-refractivity contribution in [2.24, 2.45) is 0 Å². The highest BCUT2D eigenvalue weighted by Crippen LogP contribution is 2.13. The van der Waals surface area contributed by atoms with Gasteiger partial charge in [-0.25, -0.2) is 9.97 Å². The van der Waals surface area contributed by atoms with Gasteiger partial charge in [-0.15, -0.1) is 11.3 Å². The number of amides is 1. The molecule has 0 aliphatic heterocycles. The molecule has 2 rings (SSSR count). The molecular formula is C16H21N5OS. The van der Waals surface area contributed by atoms with Crippen LogP contribution < -0.4 is 15.5 Å². The molecule has 0 aromatic carbocycles. The number of carbonyl (C=O) groups is 1. The predicted molar refractivity (Wildman–Crippen MR) is 95.9 cm³/mol. The molecule has 2 heterocycles. The first kappa shape index (κ1) is 17.0. The molecule has 0 saturated carbocycles. The number of nitrogens with zero attached hydrogens (tertiary/aromatic N) is 3. The number of anilines is 2. The lowest BCUT2D eigenvalue weighted by Crippen LogP contribution is -2.27. The first-order valence-corrected chi connectivity index (χ1v) is 8.19. The van der Waals surface area contributed by atoms with E-state index in [1.807, 2.05) is 55.6 Å². The third-order valence-corrected chi connectivity index (χ3v) is 3.79. The molecule has 6 nitrogen and oxygen atoms in total. The van der Waals surface area contributed by atoms with Gasteiger partial charge in [-0.1, -0.05) is 6.07 Å². The second-order valence-electron chi connectivity index (χ2n) is 5.12. The van der Waals surface area contributed by atoms with E-state index in [2.05, 4.69) is 20.6 Å². The van der Waals surface area contributed by atoms with Gasteiger partial charge in [-0.05, 0) is 24.4 Å². The first-order valence-electron chi connectivity index (χ1n) is 7.31. The number of nitrogens with one attached hydrogen (secondary N) is 2. The second kappa shape index (κ2) is 8.28. The minimum absolute atomic E-state index is 0.104. The lowest BCUT2D eigenvalue weighted by molar-refractivity contribution is -0.116. The molecular weight excluding hydrogens is 310 g/mol. The van der Waals surface area contributed by atoms with Gasteiger partial charge in [0.2, 0.25) is 5.91 Å². The van der Waals surface area contributed by atoms with E-state index in [9.17, 15) is 4.79 Å². The van der Waals surface area contributed by atoms with Crippen LogP contribution in [0.2, 0.25) is 0 Å². The fourth-order valence-corrected chi connectivity index (χ4v) is 2.47. The number of aryl methyl sites for hydroxylation is 1. The molecule has 23 heavy (non-hydrogen) atoms. The van der Waals surface area contributed by atoms with Crippen molar-refractivity contribution in [1.29, 1.82) is 0 Å². The zero-order chi connectivity index (χ0) is 16.7. The monoisotopic (exact) mass is 331 g/mol. The molecule has 0 radical (unpaired) electrons. The standard InChI is InChI=1S/C16H21N5OS/c1-12-19-14(11-15(20-12)21(2)3)17-8-9-18-16(22)7-6-13-5-4-10-23-13/h4-7,10-11H,8-9H2,1-3H3,(H,18,22)(H,17,19,20)/b7-6+. The Balaban J connectivity index is 1.76. The van der Waals surface area contributed by atoms with E-state index in [1.165, 1.54) is 0 Å². The summed E-state index contributed by atoms with van der Waals surface area (Å²) in [4.78, 5) is 23.3. The van der Waals surface area contributed by atoms with Gasteiger partial charge >= 0.3 is 0 Å². The normalized spacial score (nSPS) is 10.7. The minimum atomic E-state index is -0.104. The maximum absolute atomic E-state index is 11.7. The van der Waals surface area contributed by atoms with E-state index in [0.717, 1.165) is 16.5 Å². The molecule has 1 amide bonds. The van der Waals surface area contributed by atoms with Gasteiger partial charge in [0, 0.05) is 44.2 Å². The summed E-state index contributed by atoms with van der Waals surface area (Å²) in [5.41, 5.74) is 0. The van der Waals surface area contributed by atoms with Crippen molar-refractivity contribution >= 4 is 35.0 Å². The Morgan fingerprint density at radius 3 is 2.87 bits per heavy atom. The molecule has 2 aromatic rings. The average Bonchev–Trinajstić information content (AvgIpc) is 3.02. The highest BCUT2D eigenvalue weighted by Gasteiger charge is 2.03. The largest absolute Gasteiger partial charge is 0.368 e. The van der Waals surface area contributed by atoms with Crippen molar-refractivity contribution in [3.8, 4) is 0 Å². The van der Waals surface area contributed by atoms with Gasteiger partial charge < -0.3 is 15.5 Å². The third kappa shape index (κ3) is 5.71. The third-order valence-electron chi connectivity index (χ3n) is 2.96. The molecule has 0 aliphatic carbocycles. The van der Waals surface area contributed by atoms with Gasteiger partial charge in [0.25, 0.3) is 0 Å². The maximum Gasteiger partial charge on any atom is 0.244 e. The van der Waals surface area contributed by atoms with E-state index >= 15 is 0 Å². The van der Waals surface area contributed by atoms with Crippen LogP contribution >= 0.6 is 11.3 Å². The van der Waals surface area contributed by atoms with Crippen LogP contribution in [-0.4, -0.2) is 43.1 Å². The van der Waals surface area contributed by atoms with Crippen molar-refractivity contribution in [1.82, 2.24) is 15.3 Å². The van der Waals surface area contributed by atoms with Gasteiger partial charge in [0.15, 0.2) is 0 Å². The van der Waals surface area contributed by atoms with Crippen molar-refractivity contribution < 1.29 is 4.79 Å². The van der Waals surface area contributed by atoms with Crippen LogP contribution in [0.3, 0.4) is 0 Å². The Kier molecular flexibility index (Phi) is 6.10. The molecule has 0 atom stereocenters. The summed E-state index contributed by atoms with van der Waals surface area (Å²) in [7, 11) is 3.87. The number of aromatic nitrogens is 2. The van der Waals surface area contributed by atoms with E-state index in [4.69, 9.17) is 0 Å². The molecule has 0 fully saturated rings. The van der Waals surface area contributed by atoms with Gasteiger partial charge in [0.1, 0.15) is 17.5 Å². The molecule has 122 valence electrons. The van der Waals surface area contributed by atoms with E-state index in [-0.39, 0.29) is 5.91 Å². The van der Waals surface area contributed by atoms with Crippen molar-refractivity contribution in [2.75, 3.05) is 37.4 Å². The summed E-state index contributed by atoms with van der Waals surface area (Å²) >= 11 is 1.60. The lowest BCUT2D eigenvalue weighted by atomic mass is 10.4. The summed E-state index contributed by atoms with van der Waals surface area (Å²) < 4.78 is 0. The first-order chi connectivity index (χ1) is 11.0. The van der Waals surface area contributed by atoms with E-state index in [0.29, 0.717) is 18.9 Å². The molecule has 0 spiro atoms.